The van der Waals surface area contributed by atoms with E-state index in [9.17, 15) is 0 Å². The van der Waals surface area contributed by atoms with Crippen LogP contribution in [0, 0.1) is 13.8 Å². The van der Waals surface area contributed by atoms with Gasteiger partial charge in [-0.15, -0.1) is 0 Å². The van der Waals surface area contributed by atoms with Crippen molar-refractivity contribution in [3.05, 3.63) is 38.3 Å². The van der Waals surface area contributed by atoms with Crippen LogP contribution in [0.1, 0.15) is 22.5 Å². The molecular formula is C12H16ClN3S. The molecule has 0 radical (unpaired) electrons. The van der Waals surface area contributed by atoms with Gasteiger partial charge in [-0.2, -0.15) is 16.4 Å². The Hall–Kier alpha value is -0.840. The van der Waals surface area contributed by atoms with Gasteiger partial charge in [-0.25, -0.2) is 0 Å². The second-order valence-electron chi connectivity index (χ2n) is 4.15. The molecular weight excluding hydrogens is 254 g/mol. The Bertz CT molecular complexity index is 516. The number of aromatic nitrogens is 2. The number of thiophene rings is 1. The van der Waals surface area contributed by atoms with Gasteiger partial charge in [0.2, 0.25) is 0 Å². The first-order chi connectivity index (χ1) is 8.09. The molecule has 0 aliphatic heterocycles. The average molecular weight is 270 g/mol. The third kappa shape index (κ3) is 2.70. The topological polar surface area (TPSA) is 29.9 Å². The number of halogens is 1. The van der Waals surface area contributed by atoms with Crippen molar-refractivity contribution in [1.29, 1.82) is 0 Å². The molecule has 2 rings (SSSR count). The second kappa shape index (κ2) is 5.21. The summed E-state index contributed by atoms with van der Waals surface area (Å²) in [5.41, 5.74) is 4.62. The summed E-state index contributed by atoms with van der Waals surface area (Å²) in [5, 5.41) is 12.8. The van der Waals surface area contributed by atoms with E-state index in [1.165, 1.54) is 11.1 Å². The van der Waals surface area contributed by atoms with Crippen LogP contribution in [0.5, 0.6) is 0 Å². The number of hydrogen-bond donors (Lipinski definition) is 1. The van der Waals surface area contributed by atoms with Gasteiger partial charge in [0.15, 0.2) is 0 Å². The van der Waals surface area contributed by atoms with Gasteiger partial charge < -0.3 is 5.32 Å². The van der Waals surface area contributed by atoms with E-state index in [1.54, 1.807) is 11.3 Å². The lowest BCUT2D eigenvalue weighted by atomic mass is 10.2. The fourth-order valence-electron chi connectivity index (χ4n) is 1.76. The van der Waals surface area contributed by atoms with Gasteiger partial charge in [0, 0.05) is 20.1 Å². The molecule has 17 heavy (non-hydrogen) atoms. The quantitative estimate of drug-likeness (QED) is 0.925. The highest BCUT2D eigenvalue weighted by Gasteiger charge is 2.10. The molecule has 0 aromatic carbocycles. The molecule has 0 bridgehead atoms. The Balaban J connectivity index is 1.97. The zero-order valence-electron chi connectivity index (χ0n) is 10.2. The first-order valence-corrected chi connectivity index (χ1v) is 6.82. The van der Waals surface area contributed by atoms with Crippen LogP contribution in [0.2, 0.25) is 5.02 Å². The number of rotatable bonds is 4. The third-order valence-electron chi connectivity index (χ3n) is 2.83. The van der Waals surface area contributed by atoms with Crippen LogP contribution in [0.25, 0.3) is 0 Å². The lowest BCUT2D eigenvalue weighted by Crippen LogP contribution is -2.15. The van der Waals surface area contributed by atoms with Crippen molar-refractivity contribution in [3.63, 3.8) is 0 Å². The standard InChI is InChI=1S/C12H16ClN3S/c1-8-6-17-7-10(8)4-14-5-11-12(13)9(2)15-16(11)3/h6-7,14H,4-5H2,1-3H3. The largest absolute Gasteiger partial charge is 0.307 e. The summed E-state index contributed by atoms with van der Waals surface area (Å²) >= 11 is 7.92. The highest BCUT2D eigenvalue weighted by Crippen LogP contribution is 2.19. The lowest BCUT2D eigenvalue weighted by molar-refractivity contribution is 0.624. The van der Waals surface area contributed by atoms with Crippen LogP contribution in [-0.4, -0.2) is 9.78 Å². The van der Waals surface area contributed by atoms with Crippen molar-refractivity contribution in [3.8, 4) is 0 Å². The number of nitrogens with one attached hydrogen (secondary N) is 1. The van der Waals surface area contributed by atoms with E-state index in [2.05, 4.69) is 28.1 Å². The number of aryl methyl sites for hydroxylation is 3. The van der Waals surface area contributed by atoms with Gasteiger partial charge in [-0.1, -0.05) is 11.6 Å². The van der Waals surface area contributed by atoms with Gasteiger partial charge in [0.05, 0.1) is 16.4 Å². The van der Waals surface area contributed by atoms with E-state index in [0.717, 1.165) is 29.5 Å². The summed E-state index contributed by atoms with van der Waals surface area (Å²) in [6, 6.07) is 0. The maximum absolute atomic E-state index is 6.18. The molecule has 3 nitrogen and oxygen atoms in total. The molecule has 0 atom stereocenters. The van der Waals surface area contributed by atoms with Gasteiger partial charge in [-0.3, -0.25) is 4.68 Å². The number of hydrogen-bond acceptors (Lipinski definition) is 3. The monoisotopic (exact) mass is 269 g/mol. The minimum Gasteiger partial charge on any atom is -0.307 e. The van der Waals surface area contributed by atoms with Crippen LogP contribution in [0.4, 0.5) is 0 Å². The van der Waals surface area contributed by atoms with Crippen molar-refractivity contribution in [2.24, 2.45) is 7.05 Å². The van der Waals surface area contributed by atoms with Crippen molar-refractivity contribution in [2.75, 3.05) is 0 Å². The smallest absolute Gasteiger partial charge is 0.0860 e. The fraction of sp³-hybridized carbons (Fsp3) is 0.417. The van der Waals surface area contributed by atoms with Crippen LogP contribution in [0.3, 0.4) is 0 Å². The molecule has 92 valence electrons. The zero-order valence-corrected chi connectivity index (χ0v) is 11.8. The molecule has 0 amide bonds. The molecule has 1 N–H and O–H groups in total. The van der Waals surface area contributed by atoms with Crippen molar-refractivity contribution in [1.82, 2.24) is 15.1 Å². The Morgan fingerprint density at radius 1 is 1.35 bits per heavy atom. The first kappa shape index (κ1) is 12.6. The molecule has 0 saturated carbocycles. The van der Waals surface area contributed by atoms with Gasteiger partial charge >= 0.3 is 0 Å². The van der Waals surface area contributed by atoms with Crippen LogP contribution >= 0.6 is 22.9 Å². The summed E-state index contributed by atoms with van der Waals surface area (Å²) in [7, 11) is 1.92. The normalized spacial score (nSPS) is 11.1. The van der Waals surface area contributed by atoms with Crippen molar-refractivity contribution in [2.45, 2.75) is 26.9 Å². The third-order valence-corrected chi connectivity index (χ3v) is 4.23. The summed E-state index contributed by atoms with van der Waals surface area (Å²) in [6.45, 7) is 5.67. The Labute approximate surface area is 110 Å². The predicted octanol–water partition coefficient (Wildman–Crippen LogP) is 3.04. The Morgan fingerprint density at radius 3 is 2.65 bits per heavy atom. The molecule has 5 heteroatoms. The van der Waals surface area contributed by atoms with E-state index in [4.69, 9.17) is 11.6 Å². The van der Waals surface area contributed by atoms with Crippen LogP contribution < -0.4 is 5.32 Å². The molecule has 2 aromatic heterocycles. The summed E-state index contributed by atoms with van der Waals surface area (Å²) in [5.74, 6) is 0. The Kier molecular flexibility index (Phi) is 3.86. The molecule has 0 unspecified atom stereocenters. The van der Waals surface area contributed by atoms with Gasteiger partial charge in [0.1, 0.15) is 0 Å². The van der Waals surface area contributed by atoms with Crippen LogP contribution in [0.15, 0.2) is 10.8 Å². The minimum absolute atomic E-state index is 0.742. The highest BCUT2D eigenvalue weighted by molar-refractivity contribution is 7.08. The highest BCUT2D eigenvalue weighted by atomic mass is 35.5. The van der Waals surface area contributed by atoms with E-state index in [0.29, 0.717) is 0 Å². The summed E-state index contributed by atoms with van der Waals surface area (Å²) < 4.78 is 1.84. The maximum Gasteiger partial charge on any atom is 0.0860 e. The van der Waals surface area contributed by atoms with E-state index in [-0.39, 0.29) is 0 Å². The zero-order chi connectivity index (χ0) is 12.4. The van der Waals surface area contributed by atoms with E-state index < -0.39 is 0 Å². The molecule has 0 aliphatic carbocycles. The first-order valence-electron chi connectivity index (χ1n) is 5.50. The predicted molar refractivity (Wildman–Crippen MR) is 72.6 cm³/mol. The molecule has 0 aliphatic rings. The molecule has 2 aromatic rings. The fourth-order valence-corrected chi connectivity index (χ4v) is 2.84. The SMILES string of the molecule is Cc1cscc1CNCc1c(Cl)c(C)nn1C. The molecule has 0 spiro atoms. The van der Waals surface area contributed by atoms with Crippen LogP contribution in [-0.2, 0) is 20.1 Å². The van der Waals surface area contributed by atoms with Gasteiger partial charge in [0.25, 0.3) is 0 Å². The van der Waals surface area contributed by atoms with E-state index in [1.807, 2.05) is 18.7 Å². The maximum atomic E-state index is 6.18. The van der Waals surface area contributed by atoms with Crippen molar-refractivity contribution < 1.29 is 0 Å². The molecule has 0 saturated heterocycles. The lowest BCUT2D eigenvalue weighted by Gasteiger charge is -2.05. The number of nitrogens with zero attached hydrogens (tertiary/aromatic N) is 2. The minimum atomic E-state index is 0.742. The molecule has 0 fully saturated rings. The Morgan fingerprint density at radius 2 is 2.12 bits per heavy atom. The van der Waals surface area contributed by atoms with Crippen molar-refractivity contribution >= 4 is 22.9 Å². The summed E-state index contributed by atoms with van der Waals surface area (Å²) in [6.07, 6.45) is 0. The second-order valence-corrected chi connectivity index (χ2v) is 5.27. The average Bonchev–Trinajstić information content (AvgIpc) is 2.78. The summed E-state index contributed by atoms with van der Waals surface area (Å²) in [4.78, 5) is 0. The van der Waals surface area contributed by atoms with Gasteiger partial charge in [-0.05, 0) is 35.7 Å². The van der Waals surface area contributed by atoms with E-state index >= 15 is 0 Å². The molecule has 2 heterocycles.